The molecule has 1 heterocycles. The molecule has 2 rings (SSSR count). The van der Waals surface area contributed by atoms with Crippen molar-refractivity contribution >= 4 is 17.4 Å². The lowest BCUT2D eigenvalue weighted by Gasteiger charge is -2.13. The first-order valence-corrected chi connectivity index (χ1v) is 6.30. The normalized spacial score (nSPS) is 15.5. The topological polar surface area (TPSA) is 37.8 Å². The van der Waals surface area contributed by atoms with Crippen molar-refractivity contribution < 1.29 is 0 Å². The Morgan fingerprint density at radius 2 is 2.19 bits per heavy atom. The minimum Gasteiger partial charge on any atom is -0.370 e. The van der Waals surface area contributed by atoms with Gasteiger partial charge in [0.05, 0.1) is 0 Å². The van der Waals surface area contributed by atoms with E-state index < -0.39 is 0 Å². The summed E-state index contributed by atoms with van der Waals surface area (Å²) in [6.45, 7) is 5.20. The summed E-state index contributed by atoms with van der Waals surface area (Å²) < 4.78 is 0. The Hall–Kier alpha value is -0.830. The predicted molar refractivity (Wildman–Crippen MR) is 67.0 cm³/mol. The van der Waals surface area contributed by atoms with Crippen LogP contribution in [-0.4, -0.2) is 16.5 Å². The second-order valence-corrected chi connectivity index (χ2v) is 5.10. The molecule has 1 saturated carbocycles. The first-order valence-electron chi connectivity index (χ1n) is 5.92. The second-order valence-electron chi connectivity index (χ2n) is 4.74. The average Bonchev–Trinajstić information content (AvgIpc) is 3.01. The van der Waals surface area contributed by atoms with Crippen LogP contribution in [0.25, 0.3) is 0 Å². The lowest BCUT2D eigenvalue weighted by molar-refractivity contribution is 0.753. The van der Waals surface area contributed by atoms with E-state index in [4.69, 9.17) is 11.6 Å². The molecular formula is C12H18ClN3. The maximum absolute atomic E-state index is 6.09. The van der Waals surface area contributed by atoms with Crippen molar-refractivity contribution in [2.45, 2.75) is 39.0 Å². The highest BCUT2D eigenvalue weighted by molar-refractivity contribution is 6.30. The summed E-state index contributed by atoms with van der Waals surface area (Å²) in [5.41, 5.74) is 1.03. The van der Waals surface area contributed by atoms with Crippen molar-refractivity contribution in [1.29, 1.82) is 0 Å². The van der Waals surface area contributed by atoms with E-state index in [0.717, 1.165) is 23.8 Å². The van der Waals surface area contributed by atoms with Crippen molar-refractivity contribution in [3.8, 4) is 0 Å². The zero-order valence-electron chi connectivity index (χ0n) is 9.83. The van der Waals surface area contributed by atoms with E-state index in [0.29, 0.717) is 11.1 Å². The van der Waals surface area contributed by atoms with Gasteiger partial charge in [0.2, 0.25) is 0 Å². The van der Waals surface area contributed by atoms with Crippen LogP contribution in [0.4, 0.5) is 5.82 Å². The molecule has 1 aromatic heterocycles. The summed E-state index contributed by atoms with van der Waals surface area (Å²) in [5, 5.41) is 3.94. The molecule has 1 aromatic rings. The molecule has 1 N–H and O–H groups in total. The van der Waals surface area contributed by atoms with Crippen molar-refractivity contribution in [2.75, 3.05) is 11.9 Å². The summed E-state index contributed by atoms with van der Waals surface area (Å²) in [5.74, 6) is 2.18. The van der Waals surface area contributed by atoms with Crippen LogP contribution in [0.3, 0.4) is 0 Å². The Bertz CT molecular complexity index is 361. The number of halogens is 1. The average molecular weight is 240 g/mol. The maximum atomic E-state index is 6.09. The lowest BCUT2D eigenvalue weighted by Crippen LogP contribution is -2.08. The molecule has 3 nitrogen and oxygen atoms in total. The molecule has 88 valence electrons. The molecule has 0 saturated heterocycles. The van der Waals surface area contributed by atoms with Gasteiger partial charge in [0.1, 0.15) is 17.3 Å². The lowest BCUT2D eigenvalue weighted by atomic mass is 10.1. The molecule has 1 fully saturated rings. The summed E-state index contributed by atoms with van der Waals surface area (Å²) in [6.07, 6.45) is 5.54. The van der Waals surface area contributed by atoms with Gasteiger partial charge in [-0.3, -0.25) is 0 Å². The molecular weight excluding hydrogens is 222 g/mol. The molecule has 0 radical (unpaired) electrons. The van der Waals surface area contributed by atoms with Gasteiger partial charge in [-0.1, -0.05) is 38.3 Å². The Morgan fingerprint density at radius 3 is 2.81 bits per heavy atom. The van der Waals surface area contributed by atoms with Crippen molar-refractivity contribution in [3.05, 3.63) is 17.0 Å². The Balaban J connectivity index is 2.02. The summed E-state index contributed by atoms with van der Waals surface area (Å²) in [7, 11) is 0. The summed E-state index contributed by atoms with van der Waals surface area (Å²) in [6, 6.07) is 0. The quantitative estimate of drug-likeness (QED) is 0.800. The van der Waals surface area contributed by atoms with Gasteiger partial charge < -0.3 is 5.32 Å². The van der Waals surface area contributed by atoms with Gasteiger partial charge in [-0.15, -0.1) is 0 Å². The number of hydrogen-bond acceptors (Lipinski definition) is 3. The first kappa shape index (κ1) is 11.6. The minimum absolute atomic E-state index is 0.345. The largest absolute Gasteiger partial charge is 0.370 e. The Labute approximate surface area is 102 Å². The van der Waals surface area contributed by atoms with Gasteiger partial charge in [0.25, 0.3) is 0 Å². The SMILES string of the molecule is CC(C)c1c(Cl)ncnc1NCCC1CC1. The summed E-state index contributed by atoms with van der Waals surface area (Å²) >= 11 is 6.09. The van der Waals surface area contributed by atoms with Gasteiger partial charge in [0, 0.05) is 12.1 Å². The first-order chi connectivity index (χ1) is 7.68. The van der Waals surface area contributed by atoms with Crippen molar-refractivity contribution in [1.82, 2.24) is 9.97 Å². The maximum Gasteiger partial charge on any atom is 0.138 e. The number of anilines is 1. The number of aromatic nitrogens is 2. The van der Waals surface area contributed by atoms with E-state index in [1.54, 1.807) is 0 Å². The van der Waals surface area contributed by atoms with Crippen LogP contribution < -0.4 is 5.32 Å². The number of nitrogens with one attached hydrogen (secondary N) is 1. The van der Waals surface area contributed by atoms with Gasteiger partial charge >= 0.3 is 0 Å². The third kappa shape index (κ3) is 2.85. The van der Waals surface area contributed by atoms with Gasteiger partial charge in [-0.05, 0) is 18.3 Å². The molecule has 0 atom stereocenters. The highest BCUT2D eigenvalue weighted by atomic mass is 35.5. The molecule has 0 aromatic carbocycles. The Kier molecular flexibility index (Phi) is 3.64. The molecule has 1 aliphatic rings. The molecule has 4 heteroatoms. The molecule has 0 unspecified atom stereocenters. The monoisotopic (exact) mass is 239 g/mol. The van der Waals surface area contributed by atoms with Crippen LogP contribution in [0, 0.1) is 5.92 Å². The van der Waals surface area contributed by atoms with Crippen LogP contribution in [0.5, 0.6) is 0 Å². The highest BCUT2D eigenvalue weighted by Crippen LogP contribution is 2.33. The molecule has 0 bridgehead atoms. The van der Waals surface area contributed by atoms with Crippen LogP contribution in [0.1, 0.15) is 44.6 Å². The number of hydrogen-bond donors (Lipinski definition) is 1. The fraction of sp³-hybridized carbons (Fsp3) is 0.667. The van der Waals surface area contributed by atoms with E-state index in [2.05, 4.69) is 29.1 Å². The zero-order chi connectivity index (χ0) is 11.5. The van der Waals surface area contributed by atoms with E-state index in [-0.39, 0.29) is 0 Å². The molecule has 16 heavy (non-hydrogen) atoms. The van der Waals surface area contributed by atoms with Gasteiger partial charge in [-0.2, -0.15) is 0 Å². The van der Waals surface area contributed by atoms with Gasteiger partial charge in [-0.25, -0.2) is 9.97 Å². The smallest absolute Gasteiger partial charge is 0.138 e. The molecule has 0 aliphatic heterocycles. The fourth-order valence-corrected chi connectivity index (χ4v) is 2.18. The van der Waals surface area contributed by atoms with Crippen LogP contribution in [0.2, 0.25) is 5.15 Å². The minimum atomic E-state index is 0.345. The molecule has 1 aliphatic carbocycles. The van der Waals surface area contributed by atoms with Gasteiger partial charge in [0.15, 0.2) is 0 Å². The van der Waals surface area contributed by atoms with E-state index in [9.17, 15) is 0 Å². The van der Waals surface area contributed by atoms with Crippen LogP contribution in [0.15, 0.2) is 6.33 Å². The third-order valence-corrected chi connectivity index (χ3v) is 3.26. The fourth-order valence-electron chi connectivity index (χ4n) is 1.83. The van der Waals surface area contributed by atoms with Crippen molar-refractivity contribution in [3.63, 3.8) is 0 Å². The predicted octanol–water partition coefficient (Wildman–Crippen LogP) is 3.47. The molecule has 0 spiro atoms. The highest BCUT2D eigenvalue weighted by Gasteiger charge is 2.21. The van der Waals surface area contributed by atoms with E-state index in [1.807, 2.05) is 0 Å². The molecule has 0 amide bonds. The van der Waals surface area contributed by atoms with Crippen molar-refractivity contribution in [2.24, 2.45) is 5.92 Å². The third-order valence-electron chi connectivity index (χ3n) is 2.95. The standard InChI is InChI=1S/C12H18ClN3/c1-8(2)10-11(13)15-7-16-12(10)14-6-5-9-3-4-9/h7-9H,3-6H2,1-2H3,(H,14,15,16). The number of rotatable bonds is 5. The van der Waals surface area contributed by atoms with E-state index in [1.165, 1.54) is 25.6 Å². The zero-order valence-corrected chi connectivity index (χ0v) is 10.6. The van der Waals surface area contributed by atoms with Crippen LogP contribution >= 0.6 is 11.6 Å². The van der Waals surface area contributed by atoms with E-state index >= 15 is 0 Å². The summed E-state index contributed by atoms with van der Waals surface area (Å²) in [4.78, 5) is 8.30. The van der Waals surface area contributed by atoms with Crippen LogP contribution in [-0.2, 0) is 0 Å². The second kappa shape index (κ2) is 5.00. The number of nitrogens with zero attached hydrogens (tertiary/aromatic N) is 2. The Morgan fingerprint density at radius 1 is 1.44 bits per heavy atom.